The van der Waals surface area contributed by atoms with E-state index in [1.807, 2.05) is 32.3 Å². The van der Waals surface area contributed by atoms with Crippen LogP contribution in [0, 0.1) is 0 Å². The van der Waals surface area contributed by atoms with Crippen molar-refractivity contribution < 1.29 is 9.59 Å². The largest absolute Gasteiger partial charge is 0.353 e. The SMILES string of the molecule is C=C1c2ccccc2C(=O)N1CC(=O)NCC(c1ccc(CC)cc1)N(C)C. The first-order valence-corrected chi connectivity index (χ1v) is 9.54. The average Bonchev–Trinajstić information content (AvgIpc) is 2.93. The standard InChI is InChI=1S/C23H27N3O2/c1-5-17-10-12-18(13-11-17)21(25(3)4)14-24-22(27)15-26-16(2)19-8-6-7-9-20(19)23(26)28/h6-13,21H,2,5,14-15H2,1,3-4H3,(H,24,27). The van der Waals surface area contributed by atoms with Gasteiger partial charge in [-0.1, -0.05) is 56.0 Å². The third kappa shape index (κ3) is 3.99. The summed E-state index contributed by atoms with van der Waals surface area (Å²) >= 11 is 0. The summed E-state index contributed by atoms with van der Waals surface area (Å²) < 4.78 is 0. The van der Waals surface area contributed by atoms with Crippen molar-refractivity contribution in [2.24, 2.45) is 0 Å². The van der Waals surface area contributed by atoms with Gasteiger partial charge in [0.1, 0.15) is 6.54 Å². The first-order chi connectivity index (χ1) is 13.4. The number of hydrogen-bond acceptors (Lipinski definition) is 3. The molecule has 0 saturated heterocycles. The summed E-state index contributed by atoms with van der Waals surface area (Å²) in [6, 6.07) is 15.8. The summed E-state index contributed by atoms with van der Waals surface area (Å²) in [5, 5.41) is 2.97. The number of amides is 2. The monoisotopic (exact) mass is 377 g/mol. The topological polar surface area (TPSA) is 52.7 Å². The molecule has 2 aromatic carbocycles. The fourth-order valence-electron chi connectivity index (χ4n) is 3.49. The maximum absolute atomic E-state index is 12.5. The van der Waals surface area contributed by atoms with Crippen LogP contribution in [0.4, 0.5) is 0 Å². The second kappa shape index (κ2) is 8.40. The second-order valence-corrected chi connectivity index (χ2v) is 7.26. The number of carbonyl (C=O) groups is 2. The first kappa shape index (κ1) is 19.8. The lowest BCUT2D eigenvalue weighted by molar-refractivity contribution is -0.121. The van der Waals surface area contributed by atoms with Gasteiger partial charge < -0.3 is 10.2 Å². The Kier molecular flexibility index (Phi) is 5.95. The van der Waals surface area contributed by atoms with Crippen LogP contribution in [0.5, 0.6) is 0 Å². The van der Waals surface area contributed by atoms with E-state index in [0.717, 1.165) is 17.5 Å². The molecule has 1 aliphatic heterocycles. The summed E-state index contributed by atoms with van der Waals surface area (Å²) in [5.41, 5.74) is 4.41. The van der Waals surface area contributed by atoms with E-state index >= 15 is 0 Å². The molecule has 2 amide bonds. The maximum Gasteiger partial charge on any atom is 0.259 e. The molecule has 0 aromatic heterocycles. The van der Waals surface area contributed by atoms with Gasteiger partial charge in [0.15, 0.2) is 0 Å². The van der Waals surface area contributed by atoms with Gasteiger partial charge >= 0.3 is 0 Å². The molecule has 0 bridgehead atoms. The summed E-state index contributed by atoms with van der Waals surface area (Å²) in [5.74, 6) is -0.366. The zero-order chi connectivity index (χ0) is 20.3. The van der Waals surface area contributed by atoms with Gasteiger partial charge in [-0.15, -0.1) is 0 Å². The van der Waals surface area contributed by atoms with Crippen LogP contribution in [0.2, 0.25) is 0 Å². The van der Waals surface area contributed by atoms with Crippen molar-refractivity contribution in [3.63, 3.8) is 0 Å². The molecule has 3 rings (SSSR count). The van der Waals surface area contributed by atoms with Crippen LogP contribution in [-0.4, -0.2) is 48.8 Å². The Bertz CT molecular complexity index is 852. The number of nitrogens with zero attached hydrogens (tertiary/aromatic N) is 2. The predicted molar refractivity (Wildman–Crippen MR) is 112 cm³/mol. The zero-order valence-corrected chi connectivity index (χ0v) is 16.7. The highest BCUT2D eigenvalue weighted by Crippen LogP contribution is 2.30. The van der Waals surface area contributed by atoms with E-state index in [0.29, 0.717) is 17.8 Å². The van der Waals surface area contributed by atoms with Crippen molar-refractivity contribution in [2.75, 3.05) is 27.2 Å². The van der Waals surface area contributed by atoms with Gasteiger partial charge in [-0.05, 0) is 37.7 Å². The van der Waals surface area contributed by atoms with Crippen molar-refractivity contribution >= 4 is 17.5 Å². The van der Waals surface area contributed by atoms with Crippen molar-refractivity contribution in [2.45, 2.75) is 19.4 Å². The molecule has 1 unspecified atom stereocenters. The number of benzene rings is 2. The Hall–Kier alpha value is -2.92. The number of nitrogens with one attached hydrogen (secondary N) is 1. The molecule has 1 atom stereocenters. The minimum absolute atomic E-state index is 0.0265. The van der Waals surface area contributed by atoms with Crippen LogP contribution in [0.1, 0.15) is 40.0 Å². The number of rotatable bonds is 7. The van der Waals surface area contributed by atoms with Crippen LogP contribution in [-0.2, 0) is 11.2 Å². The number of fused-ring (bicyclic) bond motifs is 1. The lowest BCUT2D eigenvalue weighted by Crippen LogP contribution is -2.40. The Labute approximate surface area is 166 Å². The Morgan fingerprint density at radius 3 is 2.32 bits per heavy atom. The Morgan fingerprint density at radius 1 is 1.11 bits per heavy atom. The summed E-state index contributed by atoms with van der Waals surface area (Å²) in [6.07, 6.45) is 1.000. The molecule has 28 heavy (non-hydrogen) atoms. The molecule has 1 aliphatic rings. The van der Waals surface area contributed by atoms with Crippen LogP contribution >= 0.6 is 0 Å². The van der Waals surface area contributed by atoms with E-state index in [1.54, 1.807) is 6.07 Å². The van der Waals surface area contributed by atoms with Crippen LogP contribution in [0.15, 0.2) is 55.1 Å². The van der Waals surface area contributed by atoms with E-state index in [9.17, 15) is 9.59 Å². The molecule has 0 aliphatic carbocycles. The zero-order valence-electron chi connectivity index (χ0n) is 16.7. The third-order valence-corrected chi connectivity index (χ3v) is 5.23. The van der Waals surface area contributed by atoms with Gasteiger partial charge in [0.2, 0.25) is 5.91 Å². The Balaban J connectivity index is 1.62. The van der Waals surface area contributed by atoms with Gasteiger partial charge in [-0.2, -0.15) is 0 Å². The van der Waals surface area contributed by atoms with E-state index in [2.05, 4.69) is 48.0 Å². The van der Waals surface area contributed by atoms with Gasteiger partial charge in [0.05, 0.1) is 6.04 Å². The molecular formula is C23H27N3O2. The van der Waals surface area contributed by atoms with Crippen LogP contribution < -0.4 is 5.32 Å². The molecule has 0 radical (unpaired) electrons. The minimum Gasteiger partial charge on any atom is -0.353 e. The molecule has 0 spiro atoms. The molecular weight excluding hydrogens is 350 g/mol. The molecule has 0 fully saturated rings. The van der Waals surface area contributed by atoms with Crippen molar-refractivity contribution in [1.29, 1.82) is 0 Å². The number of carbonyl (C=O) groups excluding carboxylic acids is 2. The third-order valence-electron chi connectivity index (χ3n) is 5.23. The van der Waals surface area contributed by atoms with Gasteiger partial charge in [0.25, 0.3) is 5.91 Å². The molecule has 0 saturated carbocycles. The second-order valence-electron chi connectivity index (χ2n) is 7.26. The minimum atomic E-state index is -0.195. The first-order valence-electron chi connectivity index (χ1n) is 9.54. The number of hydrogen-bond donors (Lipinski definition) is 1. The molecule has 1 N–H and O–H groups in total. The molecule has 146 valence electrons. The quantitative estimate of drug-likeness (QED) is 0.807. The lowest BCUT2D eigenvalue weighted by atomic mass is 10.0. The number of aryl methyl sites for hydroxylation is 1. The fourth-order valence-corrected chi connectivity index (χ4v) is 3.49. The lowest BCUT2D eigenvalue weighted by Gasteiger charge is -2.26. The highest BCUT2D eigenvalue weighted by atomic mass is 16.2. The van der Waals surface area contributed by atoms with E-state index in [4.69, 9.17) is 0 Å². The van der Waals surface area contributed by atoms with Gasteiger partial charge in [-0.25, -0.2) is 0 Å². The normalized spacial score (nSPS) is 14.4. The van der Waals surface area contributed by atoms with Crippen molar-refractivity contribution in [3.05, 3.63) is 77.4 Å². The van der Waals surface area contributed by atoms with Crippen LogP contribution in [0.3, 0.4) is 0 Å². The molecule has 2 aromatic rings. The highest BCUT2D eigenvalue weighted by molar-refractivity contribution is 6.10. The molecule has 1 heterocycles. The maximum atomic E-state index is 12.5. The summed E-state index contributed by atoms with van der Waals surface area (Å²) in [6.45, 7) is 6.56. The highest BCUT2D eigenvalue weighted by Gasteiger charge is 2.31. The van der Waals surface area contributed by atoms with Gasteiger partial charge in [0, 0.05) is 23.4 Å². The average molecular weight is 377 g/mol. The Morgan fingerprint density at radius 2 is 1.75 bits per heavy atom. The van der Waals surface area contributed by atoms with Crippen molar-refractivity contribution in [3.8, 4) is 0 Å². The summed E-state index contributed by atoms with van der Waals surface area (Å²) in [7, 11) is 3.99. The van der Waals surface area contributed by atoms with Crippen LogP contribution in [0.25, 0.3) is 5.70 Å². The summed E-state index contributed by atoms with van der Waals surface area (Å²) in [4.78, 5) is 28.6. The molecule has 5 heteroatoms. The predicted octanol–water partition coefficient (Wildman–Crippen LogP) is 3.09. The van der Waals surface area contributed by atoms with E-state index in [1.165, 1.54) is 10.5 Å². The molecule has 5 nitrogen and oxygen atoms in total. The van der Waals surface area contributed by atoms with Crippen molar-refractivity contribution in [1.82, 2.24) is 15.1 Å². The number of likely N-dealkylation sites (N-methyl/N-ethyl adjacent to an activating group) is 1. The van der Waals surface area contributed by atoms with E-state index in [-0.39, 0.29) is 24.4 Å². The van der Waals surface area contributed by atoms with E-state index < -0.39 is 0 Å². The smallest absolute Gasteiger partial charge is 0.259 e. The van der Waals surface area contributed by atoms with Gasteiger partial charge in [-0.3, -0.25) is 14.5 Å². The fraction of sp³-hybridized carbons (Fsp3) is 0.304.